The summed E-state index contributed by atoms with van der Waals surface area (Å²) in [6.07, 6.45) is 0. The van der Waals surface area contributed by atoms with Crippen molar-refractivity contribution in [3.05, 3.63) is 0 Å². The maximum atomic E-state index is 10.0. The third-order valence-corrected chi connectivity index (χ3v) is 2.57. The van der Waals surface area contributed by atoms with E-state index in [2.05, 4.69) is 0 Å². The van der Waals surface area contributed by atoms with Crippen molar-refractivity contribution in [1.82, 2.24) is 0 Å². The molecule has 0 fully saturated rings. The summed E-state index contributed by atoms with van der Waals surface area (Å²) in [7, 11) is 0. The van der Waals surface area contributed by atoms with Crippen molar-refractivity contribution in [2.24, 2.45) is 21.7 Å². The first kappa shape index (κ1) is 38.4. The normalized spacial score (nSPS) is 10.9. The molecule has 0 spiro atoms. The first-order chi connectivity index (χ1) is 11.8. The Morgan fingerprint density at radius 3 is 0.414 bits per heavy atom. The summed E-state index contributed by atoms with van der Waals surface area (Å²) in [6, 6.07) is 0. The number of carbonyl (C=O) groups is 4. The molecule has 0 radical (unpaired) electrons. The van der Waals surface area contributed by atoms with Gasteiger partial charge in [-0.05, 0) is 83.1 Å². The van der Waals surface area contributed by atoms with Crippen LogP contribution in [-0.4, -0.2) is 44.3 Å². The number of hydrogen-bond acceptors (Lipinski definition) is 4. The standard InChI is InChI=1S/4C5H10O2.Zr/c4*1-5(2,3)4(6)7;/h4*1-3H3,(H,6,7);. The van der Waals surface area contributed by atoms with E-state index in [9.17, 15) is 19.2 Å². The van der Waals surface area contributed by atoms with E-state index >= 15 is 0 Å². The summed E-state index contributed by atoms with van der Waals surface area (Å²) in [5, 5.41) is 33.0. The van der Waals surface area contributed by atoms with E-state index in [0.29, 0.717) is 0 Å². The Hall–Kier alpha value is -1.24. The summed E-state index contributed by atoms with van der Waals surface area (Å²) in [4.78, 5) is 40.1. The molecular formula is C20H40O8Zr. The fourth-order valence-corrected chi connectivity index (χ4v) is 0. The van der Waals surface area contributed by atoms with Crippen LogP contribution in [0.3, 0.4) is 0 Å². The van der Waals surface area contributed by atoms with Crippen LogP contribution in [0.1, 0.15) is 83.1 Å². The van der Waals surface area contributed by atoms with E-state index in [1.54, 1.807) is 83.1 Å². The van der Waals surface area contributed by atoms with Crippen LogP contribution in [0, 0.1) is 21.7 Å². The van der Waals surface area contributed by atoms with Crippen molar-refractivity contribution in [3.63, 3.8) is 0 Å². The van der Waals surface area contributed by atoms with Crippen LogP contribution in [0.2, 0.25) is 0 Å². The maximum Gasteiger partial charge on any atom is 0.308 e. The predicted molar refractivity (Wildman–Crippen MR) is 108 cm³/mol. The molecular weight excluding hydrogens is 459 g/mol. The van der Waals surface area contributed by atoms with E-state index in [1.807, 2.05) is 0 Å². The van der Waals surface area contributed by atoms with Crippen molar-refractivity contribution in [2.75, 3.05) is 0 Å². The summed E-state index contributed by atoms with van der Waals surface area (Å²) < 4.78 is 0. The molecule has 0 aromatic heterocycles. The van der Waals surface area contributed by atoms with Crippen LogP contribution in [-0.2, 0) is 45.4 Å². The molecule has 4 N–H and O–H groups in total. The SMILES string of the molecule is CC(C)(C)C(=O)O.CC(C)(C)C(=O)O.CC(C)(C)C(=O)O.CC(C)(C)C(=O)O.[Zr]. The van der Waals surface area contributed by atoms with Crippen LogP contribution in [0.25, 0.3) is 0 Å². The Balaban J connectivity index is -0.0000000873. The van der Waals surface area contributed by atoms with E-state index < -0.39 is 45.5 Å². The van der Waals surface area contributed by atoms with Gasteiger partial charge in [0, 0.05) is 26.2 Å². The monoisotopic (exact) mass is 498 g/mol. The maximum absolute atomic E-state index is 10.0. The molecule has 0 unspecified atom stereocenters. The van der Waals surface area contributed by atoms with Gasteiger partial charge in [0.1, 0.15) is 0 Å². The molecule has 9 heteroatoms. The van der Waals surface area contributed by atoms with Crippen LogP contribution in [0.5, 0.6) is 0 Å². The van der Waals surface area contributed by atoms with Crippen LogP contribution in [0.15, 0.2) is 0 Å². The molecule has 0 saturated carbocycles. The zero-order chi connectivity index (χ0) is 24.3. The Kier molecular flexibility index (Phi) is 19.5. The van der Waals surface area contributed by atoms with Gasteiger partial charge in [0.15, 0.2) is 0 Å². The number of aliphatic carboxylic acids is 4. The quantitative estimate of drug-likeness (QED) is 0.381. The van der Waals surface area contributed by atoms with Gasteiger partial charge in [0.25, 0.3) is 0 Å². The minimum Gasteiger partial charge on any atom is -0.481 e. The van der Waals surface area contributed by atoms with E-state index in [0.717, 1.165) is 0 Å². The van der Waals surface area contributed by atoms with Crippen molar-refractivity contribution < 1.29 is 65.8 Å². The van der Waals surface area contributed by atoms with Crippen molar-refractivity contribution >= 4 is 23.9 Å². The molecule has 0 saturated heterocycles. The Bertz CT molecular complexity index is 417. The van der Waals surface area contributed by atoms with Gasteiger partial charge < -0.3 is 20.4 Å². The molecule has 0 aromatic carbocycles. The van der Waals surface area contributed by atoms with Gasteiger partial charge in [-0.3, -0.25) is 19.2 Å². The second-order valence-corrected chi connectivity index (χ2v) is 10.2. The molecule has 8 nitrogen and oxygen atoms in total. The molecule has 172 valence electrons. The van der Waals surface area contributed by atoms with Gasteiger partial charge in [-0.15, -0.1) is 0 Å². The largest absolute Gasteiger partial charge is 0.481 e. The second-order valence-electron chi connectivity index (χ2n) is 10.2. The van der Waals surface area contributed by atoms with Crippen molar-refractivity contribution in [3.8, 4) is 0 Å². The van der Waals surface area contributed by atoms with Gasteiger partial charge in [-0.25, -0.2) is 0 Å². The zero-order valence-electron chi connectivity index (χ0n) is 19.9. The number of carboxylic acid groups (broad SMARTS) is 4. The smallest absolute Gasteiger partial charge is 0.308 e. The molecule has 0 aromatic rings. The van der Waals surface area contributed by atoms with E-state index in [4.69, 9.17) is 20.4 Å². The molecule has 0 aliphatic rings. The van der Waals surface area contributed by atoms with Gasteiger partial charge in [0.2, 0.25) is 0 Å². The molecule has 29 heavy (non-hydrogen) atoms. The minimum atomic E-state index is -0.757. The van der Waals surface area contributed by atoms with Crippen LogP contribution >= 0.6 is 0 Å². The van der Waals surface area contributed by atoms with Crippen LogP contribution < -0.4 is 0 Å². The number of rotatable bonds is 0. The third kappa shape index (κ3) is 31.7. The number of hydrogen-bond donors (Lipinski definition) is 4. The van der Waals surface area contributed by atoms with Gasteiger partial charge in [0.05, 0.1) is 21.7 Å². The molecule has 0 bridgehead atoms. The average Bonchev–Trinajstić information content (AvgIpc) is 2.35. The Morgan fingerprint density at radius 2 is 0.414 bits per heavy atom. The van der Waals surface area contributed by atoms with Crippen molar-refractivity contribution in [1.29, 1.82) is 0 Å². The number of carboxylic acids is 4. The molecule has 0 rings (SSSR count). The van der Waals surface area contributed by atoms with Crippen LogP contribution in [0.4, 0.5) is 0 Å². The third-order valence-electron chi connectivity index (χ3n) is 2.57. The summed E-state index contributed by atoms with van der Waals surface area (Å²) >= 11 is 0. The van der Waals surface area contributed by atoms with Gasteiger partial charge in [-0.1, -0.05) is 0 Å². The molecule has 0 aliphatic heterocycles. The molecule has 0 amide bonds. The first-order valence-electron chi connectivity index (χ1n) is 8.71. The van der Waals surface area contributed by atoms with Crippen molar-refractivity contribution in [2.45, 2.75) is 83.1 Å². The summed E-state index contributed by atoms with van der Waals surface area (Å²) in [6.45, 7) is 19.9. The second kappa shape index (κ2) is 14.7. The van der Waals surface area contributed by atoms with E-state index in [-0.39, 0.29) is 26.2 Å². The molecule has 0 aliphatic carbocycles. The first-order valence-corrected chi connectivity index (χ1v) is 8.71. The predicted octanol–water partition coefficient (Wildman–Crippen LogP) is 4.47. The Labute approximate surface area is 194 Å². The molecule has 0 heterocycles. The summed E-state index contributed by atoms with van der Waals surface area (Å²) in [5.74, 6) is -3.03. The molecule has 0 atom stereocenters. The summed E-state index contributed by atoms with van der Waals surface area (Å²) in [5.41, 5.74) is -2.33. The fraction of sp³-hybridized carbons (Fsp3) is 0.800. The van der Waals surface area contributed by atoms with Gasteiger partial charge >= 0.3 is 23.9 Å². The Morgan fingerprint density at radius 1 is 0.379 bits per heavy atom. The average molecular weight is 500 g/mol. The minimum absolute atomic E-state index is 0. The van der Waals surface area contributed by atoms with Gasteiger partial charge in [-0.2, -0.15) is 0 Å². The van der Waals surface area contributed by atoms with E-state index in [1.165, 1.54) is 0 Å². The zero-order valence-corrected chi connectivity index (χ0v) is 22.4. The fourth-order valence-electron chi connectivity index (χ4n) is 0. The topological polar surface area (TPSA) is 149 Å².